The molecule has 12 heteroatoms. The first-order chi connectivity index (χ1) is 19.9. The molecule has 43 heavy (non-hydrogen) atoms. The topological polar surface area (TPSA) is 135 Å². The number of esters is 1. The predicted molar refractivity (Wildman–Crippen MR) is 169 cm³/mol. The number of carbonyl (C=O) groups is 1. The maximum Gasteiger partial charge on any atom is 0.355 e. The second kappa shape index (κ2) is 13.8. The Morgan fingerprint density at radius 2 is 1.67 bits per heavy atom. The number of benzene rings is 3. The standard InChI is InChI=1S/C31H27N3O7.2ClH/c1-38-26-15-18(14-25(35)29(26)39-2)27-23-12-11-22(41-17-20-6-4-5-13-33-20)16-24(23)30(36)34(28(27)31(37)40-3)21-9-7-19(32)8-10-21;;/h4-16,35H,17,32H2,1-3H3;2*1H. The minimum atomic E-state index is -0.763. The smallest absolute Gasteiger partial charge is 0.355 e. The molecule has 10 nitrogen and oxygen atoms in total. The lowest BCUT2D eigenvalue weighted by Gasteiger charge is -2.20. The van der Waals surface area contributed by atoms with E-state index in [1.807, 2.05) is 18.2 Å². The maximum atomic E-state index is 14.1. The van der Waals surface area contributed by atoms with Crippen molar-refractivity contribution in [3.05, 3.63) is 101 Å². The summed E-state index contributed by atoms with van der Waals surface area (Å²) in [4.78, 5) is 31.8. The first-order valence-corrected chi connectivity index (χ1v) is 12.5. The SMILES string of the molecule is COC(=O)c1c(-c2cc(O)c(OC)c(OC)c2)c2ccc(OCc3ccccn3)cc2c(=O)n1-c1ccc(N)cc1.Cl.Cl. The molecule has 2 heterocycles. The summed E-state index contributed by atoms with van der Waals surface area (Å²) in [6.07, 6.45) is 1.67. The second-order valence-electron chi connectivity index (χ2n) is 9.00. The minimum absolute atomic E-state index is 0. The van der Waals surface area contributed by atoms with Gasteiger partial charge in [0.05, 0.1) is 32.4 Å². The molecule has 5 aromatic rings. The van der Waals surface area contributed by atoms with Crippen molar-refractivity contribution in [2.45, 2.75) is 6.61 Å². The van der Waals surface area contributed by atoms with Gasteiger partial charge in [0.1, 0.15) is 18.1 Å². The van der Waals surface area contributed by atoms with E-state index >= 15 is 0 Å². The highest BCUT2D eigenvalue weighted by Gasteiger charge is 2.27. The number of phenolic OH excluding ortho intramolecular Hbond substituents is 1. The number of aromatic nitrogens is 2. The largest absolute Gasteiger partial charge is 0.504 e. The summed E-state index contributed by atoms with van der Waals surface area (Å²) in [6, 6.07) is 20.1. The number of nitrogens with two attached hydrogens (primary N) is 1. The summed E-state index contributed by atoms with van der Waals surface area (Å²) in [5, 5.41) is 11.5. The number of rotatable bonds is 8. The van der Waals surface area contributed by atoms with Gasteiger partial charge < -0.3 is 29.8 Å². The van der Waals surface area contributed by atoms with Crippen molar-refractivity contribution in [2.24, 2.45) is 0 Å². The molecule has 0 radical (unpaired) electrons. The third-order valence-electron chi connectivity index (χ3n) is 6.55. The molecule has 0 amide bonds. The first-order valence-electron chi connectivity index (χ1n) is 12.5. The van der Waals surface area contributed by atoms with Crippen LogP contribution in [0.15, 0.2) is 83.8 Å². The zero-order chi connectivity index (χ0) is 29.1. The molecule has 0 saturated carbocycles. The van der Waals surface area contributed by atoms with Crippen molar-refractivity contribution in [1.82, 2.24) is 9.55 Å². The van der Waals surface area contributed by atoms with Crippen LogP contribution in [0.2, 0.25) is 0 Å². The summed E-state index contributed by atoms with van der Waals surface area (Å²) in [5.74, 6) is -0.202. The highest BCUT2D eigenvalue weighted by Crippen LogP contribution is 2.43. The second-order valence-corrected chi connectivity index (χ2v) is 9.00. The third kappa shape index (κ3) is 6.30. The Morgan fingerprint density at radius 1 is 0.930 bits per heavy atom. The number of phenols is 1. The third-order valence-corrected chi connectivity index (χ3v) is 6.55. The van der Waals surface area contributed by atoms with Crippen molar-refractivity contribution < 1.29 is 28.8 Å². The summed E-state index contributed by atoms with van der Waals surface area (Å²) in [7, 11) is 4.07. The molecule has 0 spiro atoms. The van der Waals surface area contributed by atoms with E-state index in [9.17, 15) is 14.7 Å². The van der Waals surface area contributed by atoms with Gasteiger partial charge >= 0.3 is 5.97 Å². The van der Waals surface area contributed by atoms with Crippen LogP contribution < -0.4 is 25.5 Å². The Bertz CT molecular complexity index is 1810. The number of halogens is 2. The van der Waals surface area contributed by atoms with E-state index in [0.717, 1.165) is 5.69 Å². The normalized spacial score (nSPS) is 10.3. The van der Waals surface area contributed by atoms with Crippen LogP contribution in [0.1, 0.15) is 16.2 Å². The van der Waals surface area contributed by atoms with Crippen LogP contribution >= 0.6 is 24.8 Å². The molecule has 224 valence electrons. The number of nitrogens with zero attached hydrogens (tertiary/aromatic N) is 2. The van der Waals surface area contributed by atoms with Crippen LogP contribution in [0.25, 0.3) is 27.6 Å². The fourth-order valence-corrected chi connectivity index (χ4v) is 4.65. The fraction of sp³-hybridized carbons (Fsp3) is 0.129. The molecule has 0 bridgehead atoms. The molecule has 5 rings (SSSR count). The van der Waals surface area contributed by atoms with Crippen molar-refractivity contribution in [3.8, 4) is 39.8 Å². The highest BCUT2D eigenvalue weighted by molar-refractivity contribution is 6.07. The maximum absolute atomic E-state index is 14.1. The molecule has 0 saturated heterocycles. The number of methoxy groups -OCH3 is 3. The number of aromatic hydroxyl groups is 1. The van der Waals surface area contributed by atoms with Crippen LogP contribution in [-0.2, 0) is 11.3 Å². The van der Waals surface area contributed by atoms with Crippen LogP contribution in [-0.4, -0.2) is 42.0 Å². The molecular weight excluding hydrogens is 597 g/mol. The highest BCUT2D eigenvalue weighted by atomic mass is 35.5. The molecule has 0 fully saturated rings. The Hall–Kier alpha value is -4.93. The molecule has 0 atom stereocenters. The van der Waals surface area contributed by atoms with Gasteiger partial charge in [-0.15, -0.1) is 24.8 Å². The van der Waals surface area contributed by atoms with E-state index in [0.29, 0.717) is 33.6 Å². The first kappa shape index (κ1) is 32.6. The zero-order valence-corrected chi connectivity index (χ0v) is 25.0. The van der Waals surface area contributed by atoms with Gasteiger partial charge in [-0.25, -0.2) is 4.79 Å². The van der Waals surface area contributed by atoms with Gasteiger partial charge in [-0.1, -0.05) is 6.07 Å². The van der Waals surface area contributed by atoms with E-state index in [1.165, 1.54) is 32.0 Å². The lowest BCUT2D eigenvalue weighted by molar-refractivity contribution is 0.0591. The van der Waals surface area contributed by atoms with Gasteiger partial charge in [-0.05, 0) is 77.7 Å². The van der Waals surface area contributed by atoms with E-state index < -0.39 is 11.5 Å². The molecule has 3 aromatic carbocycles. The average Bonchev–Trinajstić information content (AvgIpc) is 3.00. The van der Waals surface area contributed by atoms with Crippen LogP contribution in [0.3, 0.4) is 0 Å². The monoisotopic (exact) mass is 625 g/mol. The van der Waals surface area contributed by atoms with Crippen LogP contribution in [0, 0.1) is 0 Å². The Morgan fingerprint density at radius 3 is 2.30 bits per heavy atom. The summed E-state index contributed by atoms with van der Waals surface area (Å²) < 4.78 is 23.1. The van der Waals surface area contributed by atoms with Gasteiger partial charge in [0, 0.05) is 23.1 Å². The molecular formula is C31H29Cl2N3O7. The van der Waals surface area contributed by atoms with E-state index in [1.54, 1.807) is 54.7 Å². The van der Waals surface area contributed by atoms with Gasteiger partial charge in [-0.2, -0.15) is 0 Å². The van der Waals surface area contributed by atoms with Crippen molar-refractivity contribution in [1.29, 1.82) is 0 Å². The quantitative estimate of drug-likeness (QED) is 0.168. The van der Waals surface area contributed by atoms with Gasteiger partial charge in [0.15, 0.2) is 11.5 Å². The van der Waals surface area contributed by atoms with Crippen LogP contribution in [0.4, 0.5) is 5.69 Å². The number of anilines is 1. The number of hydrogen-bond donors (Lipinski definition) is 2. The van der Waals surface area contributed by atoms with Gasteiger partial charge in [0.25, 0.3) is 5.56 Å². The fourth-order valence-electron chi connectivity index (χ4n) is 4.65. The van der Waals surface area contributed by atoms with Crippen molar-refractivity contribution >= 4 is 47.2 Å². The number of carbonyl (C=O) groups excluding carboxylic acids is 1. The minimum Gasteiger partial charge on any atom is -0.504 e. The Balaban J connectivity index is 0.00000253. The number of nitrogen functional groups attached to an aromatic ring is 1. The van der Waals surface area contributed by atoms with E-state index in [2.05, 4.69) is 4.98 Å². The summed E-state index contributed by atoms with van der Waals surface area (Å²) in [6.45, 7) is 0.190. The Kier molecular flexibility index (Phi) is 10.5. The lowest BCUT2D eigenvalue weighted by Crippen LogP contribution is -2.27. The Labute approximate surface area is 259 Å². The lowest BCUT2D eigenvalue weighted by atomic mass is 9.95. The van der Waals surface area contributed by atoms with Gasteiger partial charge in [0.2, 0.25) is 5.75 Å². The number of hydrogen-bond acceptors (Lipinski definition) is 9. The van der Waals surface area contributed by atoms with Crippen molar-refractivity contribution in [3.63, 3.8) is 0 Å². The van der Waals surface area contributed by atoms with Crippen molar-refractivity contribution in [2.75, 3.05) is 27.1 Å². The molecule has 3 N–H and O–H groups in total. The molecule has 0 aliphatic heterocycles. The van der Waals surface area contributed by atoms with Gasteiger partial charge in [-0.3, -0.25) is 14.3 Å². The zero-order valence-electron chi connectivity index (χ0n) is 23.4. The number of ether oxygens (including phenoxy) is 4. The predicted octanol–water partition coefficient (Wildman–Crippen LogP) is 5.57. The molecule has 2 aromatic heterocycles. The molecule has 0 aliphatic rings. The summed E-state index contributed by atoms with van der Waals surface area (Å²) in [5.41, 5.74) is 7.67. The van der Waals surface area contributed by atoms with E-state index in [-0.39, 0.29) is 59.7 Å². The molecule has 0 aliphatic carbocycles. The molecule has 0 unspecified atom stereocenters. The van der Waals surface area contributed by atoms with E-state index in [4.69, 9.17) is 24.7 Å². The number of fused-ring (bicyclic) bond motifs is 1. The van der Waals surface area contributed by atoms with Crippen LogP contribution in [0.5, 0.6) is 23.0 Å². The summed E-state index contributed by atoms with van der Waals surface area (Å²) >= 11 is 0. The number of pyridine rings is 2. The average molecular weight is 626 g/mol.